The smallest absolute Gasteiger partial charge is 0.330 e. The molecule has 2 N–H and O–H groups in total. The summed E-state index contributed by atoms with van der Waals surface area (Å²) in [4.78, 5) is 43.9. The third-order valence-corrected chi connectivity index (χ3v) is 9.74. The first-order valence-corrected chi connectivity index (χ1v) is 16.6. The molecule has 9 nitrogen and oxygen atoms in total. The van der Waals surface area contributed by atoms with Gasteiger partial charge >= 0.3 is 5.97 Å². The van der Waals surface area contributed by atoms with Crippen LogP contribution in [-0.2, 0) is 14.3 Å². The summed E-state index contributed by atoms with van der Waals surface area (Å²) in [6, 6.07) is 33.9. The summed E-state index contributed by atoms with van der Waals surface area (Å²) in [5.41, 5.74) is 2.54. The average Bonchev–Trinajstić information content (AvgIpc) is 3.58. The second kappa shape index (κ2) is 12.5. The first-order chi connectivity index (χ1) is 24.3. The van der Waals surface area contributed by atoms with Gasteiger partial charge in [-0.3, -0.25) is 9.59 Å². The molecule has 0 amide bonds. The van der Waals surface area contributed by atoms with E-state index >= 15 is 0 Å². The van der Waals surface area contributed by atoms with Gasteiger partial charge in [-0.25, -0.2) is 4.79 Å². The molecule has 2 aromatic heterocycles. The van der Waals surface area contributed by atoms with Gasteiger partial charge in [0.2, 0.25) is 0 Å². The van der Waals surface area contributed by atoms with Crippen LogP contribution in [0.3, 0.4) is 0 Å². The topological polar surface area (TPSA) is 120 Å². The van der Waals surface area contributed by atoms with Gasteiger partial charge in [0.05, 0.1) is 11.0 Å². The van der Waals surface area contributed by atoms with Gasteiger partial charge in [0.15, 0.2) is 0 Å². The number of esters is 1. The van der Waals surface area contributed by atoms with Gasteiger partial charge in [-0.2, -0.15) is 0 Å². The largest absolute Gasteiger partial charge is 0.491 e. The van der Waals surface area contributed by atoms with Crippen LogP contribution in [-0.4, -0.2) is 46.5 Å². The Kier molecular flexibility index (Phi) is 7.84. The standard InChI is InChI=1S/C41H34N2O7/c1-2-37(44)50-41-18-17-40(41,25-41)49-32(23-47-30-15-13-28-19-33(26-9-5-3-6-10-26)38(45)42-35(28)21-30)24-48-31-16-14-29-20-34(27-11-7-4-8-12-27)39(46)43-36(29)22-31/h2-16,19-22,32H,1,17-18,23-25H2,(H,42,45)(H,43,46). The number of aromatic nitrogens is 2. The summed E-state index contributed by atoms with van der Waals surface area (Å²) >= 11 is 0. The number of nitrogens with one attached hydrogen (secondary N) is 2. The third kappa shape index (κ3) is 5.86. The highest BCUT2D eigenvalue weighted by molar-refractivity contribution is 5.85. The van der Waals surface area contributed by atoms with Crippen LogP contribution in [0.5, 0.6) is 11.5 Å². The molecule has 2 heterocycles. The van der Waals surface area contributed by atoms with Gasteiger partial charge in [0.25, 0.3) is 11.1 Å². The van der Waals surface area contributed by atoms with Crippen molar-refractivity contribution < 1.29 is 23.7 Å². The fraction of sp³-hybridized carbons (Fsp3) is 0.195. The molecular formula is C41H34N2O7. The predicted molar refractivity (Wildman–Crippen MR) is 191 cm³/mol. The number of carbonyl (C=O) groups is 1. The predicted octanol–water partition coefficient (Wildman–Crippen LogP) is 6.95. The van der Waals surface area contributed by atoms with Crippen LogP contribution >= 0.6 is 0 Å². The maximum absolute atomic E-state index is 12.9. The van der Waals surface area contributed by atoms with Gasteiger partial charge in [-0.05, 0) is 71.1 Å². The molecule has 0 bridgehead atoms. The zero-order valence-corrected chi connectivity index (χ0v) is 27.1. The molecule has 0 spiro atoms. The summed E-state index contributed by atoms with van der Waals surface area (Å²) in [6.07, 6.45) is 2.69. The Morgan fingerprint density at radius 1 is 0.700 bits per heavy atom. The molecule has 4 aromatic carbocycles. The summed E-state index contributed by atoms with van der Waals surface area (Å²) in [6.45, 7) is 3.80. The molecule has 2 aliphatic carbocycles. The highest BCUT2D eigenvalue weighted by Gasteiger charge is 2.79. The minimum absolute atomic E-state index is 0.135. The Labute approximate surface area is 287 Å². The van der Waals surface area contributed by atoms with Crippen LogP contribution in [0, 0.1) is 0 Å². The van der Waals surface area contributed by atoms with Crippen molar-refractivity contribution in [1.29, 1.82) is 0 Å². The van der Waals surface area contributed by atoms with Crippen molar-refractivity contribution in [2.45, 2.75) is 36.6 Å². The van der Waals surface area contributed by atoms with E-state index in [4.69, 9.17) is 18.9 Å². The lowest BCUT2D eigenvalue weighted by atomic mass is 9.91. The van der Waals surface area contributed by atoms with Gasteiger partial charge in [0, 0.05) is 35.8 Å². The van der Waals surface area contributed by atoms with E-state index in [1.165, 1.54) is 6.08 Å². The number of hydrogen-bond donors (Lipinski definition) is 2. The average molecular weight is 667 g/mol. The van der Waals surface area contributed by atoms with Crippen molar-refractivity contribution in [3.63, 3.8) is 0 Å². The fourth-order valence-electron chi connectivity index (χ4n) is 6.92. The zero-order valence-electron chi connectivity index (χ0n) is 27.1. The monoisotopic (exact) mass is 666 g/mol. The van der Waals surface area contributed by atoms with E-state index in [-0.39, 0.29) is 24.3 Å². The van der Waals surface area contributed by atoms with Gasteiger partial charge in [-0.15, -0.1) is 0 Å². The molecule has 50 heavy (non-hydrogen) atoms. The second-order valence-electron chi connectivity index (χ2n) is 12.9. The number of benzene rings is 4. The van der Waals surface area contributed by atoms with Crippen molar-refractivity contribution in [3.05, 3.63) is 143 Å². The summed E-state index contributed by atoms with van der Waals surface area (Å²) in [5, 5.41) is 1.75. The van der Waals surface area contributed by atoms with Crippen molar-refractivity contribution in [3.8, 4) is 33.8 Å². The maximum Gasteiger partial charge on any atom is 0.330 e. The minimum Gasteiger partial charge on any atom is -0.491 e. The molecule has 6 aromatic rings. The number of aromatic amines is 2. The lowest BCUT2D eigenvalue weighted by Gasteiger charge is -2.36. The number of ether oxygens (including phenoxy) is 4. The quantitative estimate of drug-likeness (QED) is 0.107. The molecule has 0 aliphatic heterocycles. The number of hydrogen-bond acceptors (Lipinski definition) is 7. The Balaban J connectivity index is 1.01. The van der Waals surface area contributed by atoms with E-state index in [2.05, 4.69) is 16.5 Å². The number of fused-ring (bicyclic) bond motifs is 3. The third-order valence-electron chi connectivity index (χ3n) is 9.74. The Morgan fingerprint density at radius 3 is 1.66 bits per heavy atom. The summed E-state index contributed by atoms with van der Waals surface area (Å²) < 4.78 is 24.8. The molecule has 0 saturated heterocycles. The Bertz CT molecular complexity index is 2230. The van der Waals surface area contributed by atoms with Gasteiger partial charge in [0.1, 0.15) is 42.0 Å². The Hall–Kier alpha value is -5.93. The molecular weight excluding hydrogens is 632 g/mol. The molecule has 2 fully saturated rings. The lowest BCUT2D eigenvalue weighted by Crippen LogP contribution is -2.46. The SMILES string of the molecule is C=CC(=O)OC12CCC1(OC(COc1ccc3cc(-c4ccccc4)c(=O)[nH]c3c1)COc1ccc3cc(-c4ccccc4)c(=O)[nH]c3c1)C2. The molecule has 2 saturated carbocycles. The molecule has 2 aliphatic rings. The van der Waals surface area contributed by atoms with Crippen molar-refractivity contribution in [2.24, 2.45) is 0 Å². The number of carbonyl (C=O) groups excluding carboxylic acids is 1. The molecule has 250 valence electrons. The fourth-order valence-corrected chi connectivity index (χ4v) is 6.92. The van der Waals surface area contributed by atoms with E-state index in [0.717, 1.165) is 28.3 Å². The van der Waals surface area contributed by atoms with Crippen LogP contribution in [0.15, 0.2) is 131 Å². The number of H-pyrrole nitrogens is 2. The maximum atomic E-state index is 12.9. The van der Waals surface area contributed by atoms with Crippen LogP contribution in [0.4, 0.5) is 0 Å². The van der Waals surface area contributed by atoms with Crippen LogP contribution in [0.2, 0.25) is 0 Å². The lowest BCUT2D eigenvalue weighted by molar-refractivity contribution is -0.177. The summed E-state index contributed by atoms with van der Waals surface area (Å²) in [7, 11) is 0. The van der Waals surface area contributed by atoms with Crippen LogP contribution in [0.25, 0.3) is 44.1 Å². The number of pyridine rings is 2. The summed E-state index contributed by atoms with van der Waals surface area (Å²) in [5.74, 6) is 0.635. The molecule has 2 atom stereocenters. The van der Waals surface area contributed by atoms with E-state index in [1.54, 1.807) is 12.1 Å². The Morgan fingerprint density at radius 2 is 1.20 bits per heavy atom. The van der Waals surface area contributed by atoms with Crippen LogP contribution < -0.4 is 20.6 Å². The molecule has 0 radical (unpaired) electrons. The highest BCUT2D eigenvalue weighted by Crippen LogP contribution is 2.68. The molecule has 9 heteroatoms. The first kappa shape index (κ1) is 31.3. The van der Waals surface area contributed by atoms with E-state index in [0.29, 0.717) is 46.5 Å². The van der Waals surface area contributed by atoms with Gasteiger partial charge < -0.3 is 28.9 Å². The van der Waals surface area contributed by atoms with E-state index in [1.807, 2.05) is 97.1 Å². The molecule has 8 rings (SSSR count). The molecule has 2 unspecified atom stereocenters. The van der Waals surface area contributed by atoms with Crippen molar-refractivity contribution in [2.75, 3.05) is 13.2 Å². The first-order valence-electron chi connectivity index (χ1n) is 16.6. The normalized spacial score (nSPS) is 19.1. The van der Waals surface area contributed by atoms with Crippen molar-refractivity contribution >= 4 is 27.8 Å². The van der Waals surface area contributed by atoms with Gasteiger partial charge in [-0.1, -0.05) is 67.2 Å². The number of rotatable bonds is 12. The second-order valence-corrected chi connectivity index (χ2v) is 12.9. The van der Waals surface area contributed by atoms with Crippen LogP contribution in [0.1, 0.15) is 19.3 Å². The minimum atomic E-state index is -0.658. The van der Waals surface area contributed by atoms with E-state index in [9.17, 15) is 14.4 Å². The van der Waals surface area contributed by atoms with E-state index < -0.39 is 23.3 Å². The van der Waals surface area contributed by atoms with Crippen molar-refractivity contribution in [1.82, 2.24) is 9.97 Å². The highest BCUT2D eigenvalue weighted by atomic mass is 16.6. The zero-order chi connectivity index (χ0) is 34.3.